The first kappa shape index (κ1) is 15.5. The van der Waals surface area contributed by atoms with Crippen LogP contribution in [0.15, 0.2) is 30.6 Å². The molecule has 1 aliphatic carbocycles. The minimum atomic E-state index is -0.582. The monoisotopic (exact) mass is 315 g/mol. The highest BCUT2D eigenvalue weighted by molar-refractivity contribution is 5.90. The minimum Gasteiger partial charge on any atom is -0.451 e. The second-order valence-corrected chi connectivity index (χ2v) is 5.98. The molecule has 1 saturated carbocycles. The Hall–Kier alpha value is -2.37. The van der Waals surface area contributed by atoms with E-state index in [1.807, 2.05) is 12.1 Å². The zero-order valence-electron chi connectivity index (χ0n) is 13.0. The predicted molar refractivity (Wildman–Crippen MR) is 85.1 cm³/mol. The minimum absolute atomic E-state index is 0.205. The van der Waals surface area contributed by atoms with Crippen LogP contribution in [0.1, 0.15) is 42.6 Å². The maximum Gasteiger partial charge on any atom is 0.359 e. The summed E-state index contributed by atoms with van der Waals surface area (Å²) in [6.07, 6.45) is 9.50. The number of hydrogen-bond donors (Lipinski definition) is 1. The van der Waals surface area contributed by atoms with Gasteiger partial charge in [-0.05, 0) is 30.9 Å². The van der Waals surface area contributed by atoms with Crippen LogP contribution >= 0.6 is 0 Å². The Morgan fingerprint density at radius 1 is 1.26 bits per heavy atom. The van der Waals surface area contributed by atoms with Crippen molar-refractivity contribution in [1.82, 2.24) is 14.7 Å². The van der Waals surface area contributed by atoms with Crippen LogP contribution in [0.5, 0.6) is 0 Å². The molecule has 3 rings (SSSR count). The average molecular weight is 315 g/mol. The molecule has 2 aromatic heterocycles. The number of carbonyl (C=O) groups is 2. The van der Waals surface area contributed by atoms with Crippen molar-refractivity contribution in [2.75, 3.05) is 13.2 Å². The number of imidazole rings is 1. The van der Waals surface area contributed by atoms with Crippen LogP contribution < -0.4 is 5.32 Å². The Kier molecular flexibility index (Phi) is 4.90. The van der Waals surface area contributed by atoms with Crippen molar-refractivity contribution in [2.24, 2.45) is 5.92 Å². The molecule has 0 radical (unpaired) electrons. The molecule has 122 valence electrons. The summed E-state index contributed by atoms with van der Waals surface area (Å²) in [5, 5.41) is 2.84. The van der Waals surface area contributed by atoms with Gasteiger partial charge in [-0.3, -0.25) is 4.79 Å². The Labute approximate surface area is 134 Å². The Morgan fingerprint density at radius 3 is 2.87 bits per heavy atom. The Bertz CT molecular complexity index is 656. The highest BCUT2D eigenvalue weighted by Crippen LogP contribution is 2.22. The number of ether oxygens (including phenoxy) is 1. The van der Waals surface area contributed by atoms with Crippen molar-refractivity contribution in [1.29, 1.82) is 0 Å². The van der Waals surface area contributed by atoms with Crippen molar-refractivity contribution in [3.05, 3.63) is 36.3 Å². The van der Waals surface area contributed by atoms with E-state index in [1.165, 1.54) is 32.1 Å². The summed E-state index contributed by atoms with van der Waals surface area (Å²) in [5.41, 5.74) is 0.873. The van der Waals surface area contributed by atoms with Gasteiger partial charge in [0.15, 0.2) is 12.3 Å². The number of rotatable bonds is 5. The molecule has 0 spiro atoms. The lowest BCUT2D eigenvalue weighted by Crippen LogP contribution is -2.33. The lowest BCUT2D eigenvalue weighted by atomic mass is 9.89. The van der Waals surface area contributed by atoms with E-state index in [4.69, 9.17) is 4.74 Å². The topological polar surface area (TPSA) is 72.7 Å². The van der Waals surface area contributed by atoms with Crippen LogP contribution in [-0.4, -0.2) is 34.4 Å². The van der Waals surface area contributed by atoms with Gasteiger partial charge in [0.05, 0.1) is 0 Å². The SMILES string of the molecule is O=C(COC(=O)c1cn2ccccc2n1)NCC1CCCCC1. The number of nitrogens with one attached hydrogen (secondary N) is 1. The van der Waals surface area contributed by atoms with E-state index in [9.17, 15) is 9.59 Å². The fraction of sp³-hybridized carbons (Fsp3) is 0.471. The summed E-state index contributed by atoms with van der Waals surface area (Å²) in [6, 6.07) is 5.49. The van der Waals surface area contributed by atoms with Gasteiger partial charge in [0, 0.05) is 18.9 Å². The summed E-state index contributed by atoms with van der Waals surface area (Å²) < 4.78 is 6.77. The first-order valence-corrected chi connectivity index (χ1v) is 8.10. The lowest BCUT2D eigenvalue weighted by molar-refractivity contribution is -0.124. The zero-order chi connectivity index (χ0) is 16.1. The third-order valence-corrected chi connectivity index (χ3v) is 4.22. The van der Waals surface area contributed by atoms with Crippen LogP contribution in [-0.2, 0) is 9.53 Å². The normalized spacial score (nSPS) is 15.5. The first-order valence-electron chi connectivity index (χ1n) is 8.10. The van der Waals surface area contributed by atoms with Crippen molar-refractivity contribution in [2.45, 2.75) is 32.1 Å². The Morgan fingerprint density at radius 2 is 2.09 bits per heavy atom. The molecule has 2 heterocycles. The lowest BCUT2D eigenvalue weighted by Gasteiger charge is -2.21. The van der Waals surface area contributed by atoms with E-state index < -0.39 is 5.97 Å². The third kappa shape index (κ3) is 4.09. The van der Waals surface area contributed by atoms with Gasteiger partial charge in [-0.25, -0.2) is 9.78 Å². The highest BCUT2D eigenvalue weighted by Gasteiger charge is 2.16. The molecule has 6 heteroatoms. The van der Waals surface area contributed by atoms with Gasteiger partial charge in [-0.1, -0.05) is 25.3 Å². The van der Waals surface area contributed by atoms with E-state index in [0.29, 0.717) is 18.1 Å². The van der Waals surface area contributed by atoms with E-state index in [0.717, 1.165) is 0 Å². The van der Waals surface area contributed by atoms with Gasteiger partial charge < -0.3 is 14.5 Å². The summed E-state index contributed by atoms with van der Waals surface area (Å²) in [7, 11) is 0. The molecule has 2 aromatic rings. The quantitative estimate of drug-likeness (QED) is 0.858. The average Bonchev–Trinajstić information content (AvgIpc) is 3.03. The molecule has 0 aliphatic heterocycles. The molecule has 23 heavy (non-hydrogen) atoms. The number of carbonyl (C=O) groups excluding carboxylic acids is 2. The van der Waals surface area contributed by atoms with Crippen molar-refractivity contribution >= 4 is 17.5 Å². The zero-order valence-corrected chi connectivity index (χ0v) is 13.0. The number of esters is 1. The molecule has 0 unspecified atom stereocenters. The van der Waals surface area contributed by atoms with Gasteiger partial charge in [0.2, 0.25) is 0 Å². The standard InChI is InChI=1S/C17H21N3O3/c21-16(18-10-13-6-2-1-3-7-13)12-23-17(22)14-11-20-9-5-4-8-15(20)19-14/h4-5,8-9,11,13H,1-3,6-7,10,12H2,(H,18,21). The van der Waals surface area contributed by atoms with Gasteiger partial charge in [0.25, 0.3) is 5.91 Å². The number of amides is 1. The molecule has 0 saturated heterocycles. The molecule has 0 bridgehead atoms. The third-order valence-electron chi connectivity index (χ3n) is 4.22. The second kappa shape index (κ2) is 7.26. The van der Waals surface area contributed by atoms with Crippen LogP contribution in [0.3, 0.4) is 0 Å². The summed E-state index contributed by atoms with van der Waals surface area (Å²) in [6.45, 7) is 0.407. The van der Waals surface area contributed by atoms with Crippen molar-refractivity contribution in [3.8, 4) is 0 Å². The van der Waals surface area contributed by atoms with Crippen LogP contribution in [0.25, 0.3) is 5.65 Å². The fourth-order valence-electron chi connectivity index (χ4n) is 2.94. The number of fused-ring (bicyclic) bond motifs is 1. The number of pyridine rings is 1. The summed E-state index contributed by atoms with van der Waals surface area (Å²) in [5.74, 6) is -0.281. The van der Waals surface area contributed by atoms with Gasteiger partial charge >= 0.3 is 5.97 Å². The highest BCUT2D eigenvalue weighted by atomic mass is 16.5. The van der Waals surface area contributed by atoms with Crippen LogP contribution in [0, 0.1) is 5.92 Å². The van der Waals surface area contributed by atoms with E-state index in [1.54, 1.807) is 22.9 Å². The van der Waals surface area contributed by atoms with Crippen LogP contribution in [0.2, 0.25) is 0 Å². The molecular formula is C17H21N3O3. The summed E-state index contributed by atoms with van der Waals surface area (Å²) in [4.78, 5) is 27.9. The molecular weight excluding hydrogens is 294 g/mol. The van der Waals surface area contributed by atoms with E-state index in [-0.39, 0.29) is 18.2 Å². The molecule has 1 fully saturated rings. The van der Waals surface area contributed by atoms with Crippen molar-refractivity contribution < 1.29 is 14.3 Å². The molecule has 1 amide bonds. The first-order chi connectivity index (χ1) is 11.2. The molecule has 0 atom stereocenters. The number of aromatic nitrogens is 2. The number of nitrogens with zero attached hydrogens (tertiary/aromatic N) is 2. The Balaban J connectivity index is 1.45. The van der Waals surface area contributed by atoms with Gasteiger partial charge in [-0.15, -0.1) is 0 Å². The molecule has 1 aliphatic rings. The fourth-order valence-corrected chi connectivity index (χ4v) is 2.94. The van der Waals surface area contributed by atoms with E-state index in [2.05, 4.69) is 10.3 Å². The molecule has 0 aromatic carbocycles. The second-order valence-electron chi connectivity index (χ2n) is 5.98. The van der Waals surface area contributed by atoms with Crippen LogP contribution in [0.4, 0.5) is 0 Å². The maximum atomic E-state index is 11.9. The summed E-state index contributed by atoms with van der Waals surface area (Å²) >= 11 is 0. The smallest absolute Gasteiger partial charge is 0.359 e. The maximum absolute atomic E-state index is 11.9. The molecule has 6 nitrogen and oxygen atoms in total. The number of hydrogen-bond acceptors (Lipinski definition) is 4. The van der Waals surface area contributed by atoms with E-state index >= 15 is 0 Å². The van der Waals surface area contributed by atoms with Gasteiger partial charge in [-0.2, -0.15) is 0 Å². The predicted octanol–water partition coefficient (Wildman–Crippen LogP) is 2.19. The van der Waals surface area contributed by atoms with Gasteiger partial charge in [0.1, 0.15) is 5.65 Å². The largest absolute Gasteiger partial charge is 0.451 e. The molecule has 1 N–H and O–H groups in total. The van der Waals surface area contributed by atoms with Crippen molar-refractivity contribution in [3.63, 3.8) is 0 Å².